The van der Waals surface area contributed by atoms with Gasteiger partial charge < -0.3 is 7.43 Å². The van der Waals surface area contributed by atoms with Gasteiger partial charge in [0.1, 0.15) is 0 Å². The van der Waals surface area contributed by atoms with E-state index in [4.69, 9.17) is 0 Å². The van der Waals surface area contributed by atoms with Crippen LogP contribution in [0, 0.1) is 24.3 Å². The number of rotatable bonds is 1. The molecule has 0 saturated carbocycles. The third-order valence-corrected chi connectivity index (χ3v) is 5.90. The maximum atomic E-state index is 3.34. The van der Waals surface area contributed by atoms with Crippen molar-refractivity contribution in [1.29, 1.82) is 0 Å². The summed E-state index contributed by atoms with van der Waals surface area (Å²) < 4.78 is 2.17. The molecule has 0 aliphatic heterocycles. The molecule has 0 N–H and O–H groups in total. The molecule has 0 fully saturated rings. The van der Waals surface area contributed by atoms with Crippen molar-refractivity contribution in [2.75, 3.05) is 0 Å². The molecule has 0 heterocycles. The van der Waals surface area contributed by atoms with Crippen LogP contribution >= 0.6 is 24.8 Å². The average molecular weight is 562 g/mol. The molecule has 3 heteroatoms. The van der Waals surface area contributed by atoms with E-state index in [-0.39, 0.29) is 37.7 Å². The summed E-state index contributed by atoms with van der Waals surface area (Å²) in [5.41, 5.74) is 4.93. The zero-order chi connectivity index (χ0) is 22.2. The van der Waals surface area contributed by atoms with Gasteiger partial charge >= 0.3 is 63.8 Å². The zero-order valence-electron chi connectivity index (χ0n) is 21.1. The van der Waals surface area contributed by atoms with Crippen molar-refractivity contribution in [3.63, 3.8) is 0 Å². The standard InChI is InChI=1S/C13H21.C9H7.C7H6.CH3.2ClH.Zr/c1-12(2,3)10-8-7-9-11(10)13(4,5)6;1-2-5-9-7-3-6-8(9)4-1;1-7-5-3-2-4-6-7;;;;/h8H,9H2,1-6H3;1-7H;1-6H;1H3;2*1H;/q2*-1;;-1;;;. The Morgan fingerprint density at radius 1 is 0.818 bits per heavy atom. The molecule has 0 amide bonds. The fourth-order valence-corrected chi connectivity index (χ4v) is 3.87. The first-order chi connectivity index (χ1) is 14.1. The number of hydrogen-bond acceptors (Lipinski definition) is 0. The van der Waals surface area contributed by atoms with E-state index in [9.17, 15) is 0 Å². The number of allylic oxidation sites excluding steroid dienone is 4. The van der Waals surface area contributed by atoms with Gasteiger partial charge in [-0.05, 0) is 5.41 Å². The van der Waals surface area contributed by atoms with Crippen LogP contribution in [0.4, 0.5) is 0 Å². The first-order valence-corrected chi connectivity index (χ1v) is 12.0. The molecule has 3 aromatic carbocycles. The predicted molar refractivity (Wildman–Crippen MR) is 150 cm³/mol. The second-order valence-electron chi connectivity index (χ2n) is 9.63. The van der Waals surface area contributed by atoms with E-state index in [0.717, 1.165) is 6.42 Å². The van der Waals surface area contributed by atoms with Crippen LogP contribution in [0.15, 0.2) is 90.0 Å². The van der Waals surface area contributed by atoms with E-state index in [1.165, 1.54) is 46.1 Å². The number of halogens is 2. The van der Waals surface area contributed by atoms with E-state index >= 15 is 0 Å². The molecule has 0 aromatic heterocycles. The first kappa shape index (κ1) is 34.0. The van der Waals surface area contributed by atoms with Gasteiger partial charge in [0.15, 0.2) is 0 Å². The fraction of sp³-hybridized carbons (Fsp3) is 0.300. The van der Waals surface area contributed by atoms with E-state index < -0.39 is 0 Å². The van der Waals surface area contributed by atoms with Crippen molar-refractivity contribution in [2.24, 2.45) is 10.8 Å². The smallest absolute Gasteiger partial charge is 0.0809 e. The van der Waals surface area contributed by atoms with Gasteiger partial charge in [-0.3, -0.25) is 6.08 Å². The summed E-state index contributed by atoms with van der Waals surface area (Å²) in [5, 5.41) is 2.66. The molecule has 180 valence electrons. The van der Waals surface area contributed by atoms with Crippen LogP contribution in [0.1, 0.15) is 53.5 Å². The van der Waals surface area contributed by atoms with Crippen LogP contribution in [0.5, 0.6) is 0 Å². The predicted octanol–water partition coefficient (Wildman–Crippen LogP) is 9.37. The largest absolute Gasteiger partial charge is 0.168 e. The molecule has 1 aliphatic rings. The third kappa shape index (κ3) is 11.2. The fourth-order valence-electron chi connectivity index (χ4n) is 3.40. The molecule has 0 nitrogen and oxygen atoms in total. The molecule has 0 saturated heterocycles. The summed E-state index contributed by atoms with van der Waals surface area (Å²) in [6.45, 7) is 13.7. The van der Waals surface area contributed by atoms with E-state index in [1.54, 1.807) is 5.57 Å². The van der Waals surface area contributed by atoms with Crippen LogP contribution in [-0.4, -0.2) is 3.71 Å². The summed E-state index contributed by atoms with van der Waals surface area (Å²) in [5.74, 6) is 0. The summed E-state index contributed by atoms with van der Waals surface area (Å²) in [7, 11) is 0. The second-order valence-corrected chi connectivity index (χ2v) is 10.3. The number of benzene rings is 2. The molecule has 33 heavy (non-hydrogen) atoms. The zero-order valence-corrected chi connectivity index (χ0v) is 25.2. The van der Waals surface area contributed by atoms with Gasteiger partial charge in [0, 0.05) is 0 Å². The molecule has 0 spiro atoms. The summed E-state index contributed by atoms with van der Waals surface area (Å²) in [4.78, 5) is 0. The molecule has 1 aliphatic carbocycles. The molecule has 4 rings (SSSR count). The third-order valence-electron chi connectivity index (χ3n) is 5.08. The average Bonchev–Trinajstić information content (AvgIpc) is 3.38. The van der Waals surface area contributed by atoms with E-state index in [2.05, 4.69) is 124 Å². The van der Waals surface area contributed by atoms with Crippen LogP contribution in [0.3, 0.4) is 0 Å². The van der Waals surface area contributed by atoms with E-state index in [1.807, 2.05) is 6.07 Å². The molecule has 0 atom stereocenters. The Morgan fingerprint density at radius 2 is 1.39 bits per heavy atom. The minimum atomic E-state index is 0. The van der Waals surface area contributed by atoms with Gasteiger partial charge in [0.25, 0.3) is 0 Å². The van der Waals surface area contributed by atoms with Crippen molar-refractivity contribution in [1.82, 2.24) is 0 Å². The van der Waals surface area contributed by atoms with Crippen LogP contribution < -0.4 is 0 Å². The van der Waals surface area contributed by atoms with Gasteiger partial charge in [-0.25, -0.2) is 6.08 Å². The minimum Gasteiger partial charge on any atom is -0.168 e. The number of fused-ring (bicyclic) bond motifs is 1. The Labute approximate surface area is 230 Å². The Bertz CT molecular complexity index is 967. The van der Waals surface area contributed by atoms with Crippen LogP contribution in [-0.2, 0) is 24.2 Å². The minimum absolute atomic E-state index is 0. The Hall–Kier alpha value is -1.14. The van der Waals surface area contributed by atoms with Crippen molar-refractivity contribution in [3.8, 4) is 0 Å². The second kappa shape index (κ2) is 15.7. The molecule has 3 aromatic rings. The summed E-state index contributed by atoms with van der Waals surface area (Å²) in [6.07, 6.45) is 6.54. The SMILES string of the molecule is CC(C)(C)C1=C(C(C)(C)C)C[C-]=C1.Cl.Cl.[CH3-].[Zr]=[CH]c1ccccc1.c1ccc2[cH-]ccc2c1. The van der Waals surface area contributed by atoms with Gasteiger partial charge in [-0.2, -0.15) is 28.7 Å². The Kier molecular flexibility index (Phi) is 16.2. The topological polar surface area (TPSA) is 0 Å². The molecular formula is C30H39Cl2Zr-3. The van der Waals surface area contributed by atoms with Crippen LogP contribution in [0.2, 0.25) is 0 Å². The van der Waals surface area contributed by atoms with Crippen molar-refractivity contribution >= 4 is 39.3 Å². The monoisotopic (exact) mass is 559 g/mol. The summed E-state index contributed by atoms with van der Waals surface area (Å²) in [6, 6.07) is 25.0. The van der Waals surface area contributed by atoms with Gasteiger partial charge in [0.05, 0.1) is 0 Å². The van der Waals surface area contributed by atoms with Gasteiger partial charge in [-0.15, -0.1) is 60.9 Å². The molecular weight excluding hydrogens is 522 g/mol. The Morgan fingerprint density at radius 3 is 1.85 bits per heavy atom. The van der Waals surface area contributed by atoms with Gasteiger partial charge in [-0.1, -0.05) is 53.0 Å². The van der Waals surface area contributed by atoms with Crippen LogP contribution in [0.25, 0.3) is 10.8 Å². The molecule has 0 radical (unpaired) electrons. The normalized spacial score (nSPS) is 12.2. The molecule has 0 bridgehead atoms. The maximum absolute atomic E-state index is 3.34. The van der Waals surface area contributed by atoms with Crippen molar-refractivity contribution < 1.29 is 24.2 Å². The quantitative estimate of drug-likeness (QED) is 0.260. The number of hydrogen-bond donors (Lipinski definition) is 0. The first-order valence-electron chi connectivity index (χ1n) is 10.6. The van der Waals surface area contributed by atoms with Gasteiger partial charge in [0.2, 0.25) is 0 Å². The Balaban J connectivity index is 0. The molecule has 0 unspecified atom stereocenters. The van der Waals surface area contributed by atoms with Crippen molar-refractivity contribution in [3.05, 3.63) is 109 Å². The van der Waals surface area contributed by atoms with Crippen molar-refractivity contribution in [2.45, 2.75) is 48.0 Å². The van der Waals surface area contributed by atoms with E-state index in [0.29, 0.717) is 5.41 Å². The maximum Gasteiger partial charge on any atom is -0.0809 e. The summed E-state index contributed by atoms with van der Waals surface area (Å²) >= 11 is 1.46.